The summed E-state index contributed by atoms with van der Waals surface area (Å²) < 4.78 is 20.1. The molecule has 2 atom stereocenters. The Morgan fingerprint density at radius 3 is 2.45 bits per heavy atom. The van der Waals surface area contributed by atoms with E-state index in [4.69, 9.17) is 19.6 Å². The van der Waals surface area contributed by atoms with Crippen molar-refractivity contribution in [1.82, 2.24) is 0 Å². The van der Waals surface area contributed by atoms with Crippen molar-refractivity contribution in [3.05, 3.63) is 23.8 Å². The Labute approximate surface area is 188 Å². The Balaban J connectivity index is 2.94. The fourth-order valence-electron chi connectivity index (χ4n) is 2.91. The number of nitrogens with one attached hydrogen (secondary N) is 1. The van der Waals surface area contributed by atoms with Crippen LogP contribution in [-0.4, -0.2) is 38.3 Å². The van der Waals surface area contributed by atoms with Crippen LogP contribution >= 0.6 is 20.5 Å². The topological polar surface area (TPSA) is 142 Å². The summed E-state index contributed by atoms with van der Waals surface area (Å²) in [6.07, 6.45) is 1.86. The molecule has 0 heterocycles. The van der Waals surface area contributed by atoms with Gasteiger partial charge < -0.3 is 24.9 Å². The highest BCUT2D eigenvalue weighted by atomic mass is 32.1. The van der Waals surface area contributed by atoms with Gasteiger partial charge in [0.1, 0.15) is 5.75 Å². The summed E-state index contributed by atoms with van der Waals surface area (Å²) in [6.45, 7) is 6.72. The Hall–Kier alpha value is -1.58. The molecule has 176 valence electrons. The predicted octanol–water partition coefficient (Wildman–Crippen LogP) is 3.85. The van der Waals surface area contributed by atoms with Crippen molar-refractivity contribution >= 4 is 38.0 Å². The molecule has 0 aliphatic rings. The van der Waals surface area contributed by atoms with E-state index in [1.54, 1.807) is 25.1 Å². The Morgan fingerprint density at radius 1 is 1.26 bits per heavy atom. The maximum absolute atomic E-state index is 12.4. The molecule has 0 saturated carbocycles. The van der Waals surface area contributed by atoms with E-state index in [1.165, 1.54) is 0 Å². The molecular formula is C20H32NO8PS. The highest BCUT2D eigenvalue weighted by Crippen LogP contribution is 2.36. The van der Waals surface area contributed by atoms with Crippen LogP contribution < -0.4 is 10.1 Å². The first kappa shape index (κ1) is 27.5. The average Bonchev–Trinajstić information content (AvgIpc) is 2.60. The Bertz CT molecular complexity index is 805. The molecule has 0 aliphatic carbocycles. The standard InChI is InChI=1S/C20H32NO8PS/c1-13(9-14(2)19(23)24)10-15-5-6-17(28-12-29-30(25,26)27)16(11-15)21-18(22)7-8-20(3,4)31/h5-6,11,13-14,31H,7-10,12H2,1-4H3,(H,21,22)(H,23,24)(H2,25,26,27)/t13-,14?/m1/s1. The smallest absolute Gasteiger partial charge is 0.472 e. The number of hydrogen-bond donors (Lipinski definition) is 5. The fourth-order valence-corrected chi connectivity index (χ4v) is 3.21. The number of amides is 1. The van der Waals surface area contributed by atoms with Crippen LogP contribution in [-0.2, 0) is 25.1 Å². The van der Waals surface area contributed by atoms with E-state index in [-0.39, 0.29) is 28.7 Å². The molecular weight excluding hydrogens is 445 g/mol. The summed E-state index contributed by atoms with van der Waals surface area (Å²) in [5.41, 5.74) is 1.20. The number of carbonyl (C=O) groups is 2. The van der Waals surface area contributed by atoms with Crippen LogP contribution in [0.2, 0.25) is 0 Å². The first-order chi connectivity index (χ1) is 14.2. The Morgan fingerprint density at radius 2 is 1.90 bits per heavy atom. The van der Waals surface area contributed by atoms with Crippen LogP contribution in [0.25, 0.3) is 0 Å². The second-order valence-corrected chi connectivity index (χ2v) is 10.8. The van der Waals surface area contributed by atoms with E-state index in [0.717, 1.165) is 5.56 Å². The number of phosphoric acid groups is 1. The van der Waals surface area contributed by atoms with Gasteiger partial charge in [0.15, 0.2) is 6.79 Å². The molecule has 9 nitrogen and oxygen atoms in total. The molecule has 11 heteroatoms. The van der Waals surface area contributed by atoms with Crippen LogP contribution in [0.1, 0.15) is 52.5 Å². The van der Waals surface area contributed by atoms with Crippen molar-refractivity contribution in [3.8, 4) is 5.75 Å². The molecule has 1 rings (SSSR count). The van der Waals surface area contributed by atoms with Gasteiger partial charge in [-0.3, -0.25) is 9.59 Å². The normalized spacial score (nSPS) is 14.0. The summed E-state index contributed by atoms with van der Waals surface area (Å²) in [4.78, 5) is 41.1. The monoisotopic (exact) mass is 477 g/mol. The highest BCUT2D eigenvalue weighted by Gasteiger charge is 2.19. The van der Waals surface area contributed by atoms with Gasteiger partial charge in [-0.15, -0.1) is 0 Å². The first-order valence-electron chi connectivity index (χ1n) is 9.87. The summed E-state index contributed by atoms with van der Waals surface area (Å²) >= 11 is 4.41. The lowest BCUT2D eigenvalue weighted by Crippen LogP contribution is -2.18. The number of carboxylic acid groups (broad SMARTS) is 1. The first-order valence-corrected chi connectivity index (χ1v) is 11.8. The van der Waals surface area contributed by atoms with Gasteiger partial charge in [0.25, 0.3) is 0 Å². The molecule has 1 aromatic carbocycles. The van der Waals surface area contributed by atoms with Gasteiger partial charge in [-0.2, -0.15) is 12.6 Å². The van der Waals surface area contributed by atoms with E-state index >= 15 is 0 Å². The number of phosphoric ester groups is 1. The molecule has 0 bridgehead atoms. The number of anilines is 1. The van der Waals surface area contributed by atoms with Gasteiger partial charge in [-0.05, 0) is 42.9 Å². The van der Waals surface area contributed by atoms with Gasteiger partial charge in [0.05, 0.1) is 11.6 Å². The molecule has 4 N–H and O–H groups in total. The number of rotatable bonds is 13. The molecule has 0 radical (unpaired) electrons. The van der Waals surface area contributed by atoms with E-state index in [0.29, 0.717) is 24.9 Å². The molecule has 0 saturated heterocycles. The number of ether oxygens (including phenoxy) is 1. The zero-order valence-electron chi connectivity index (χ0n) is 18.2. The third-order valence-electron chi connectivity index (χ3n) is 4.48. The molecule has 0 fully saturated rings. The number of aliphatic carboxylic acids is 1. The van der Waals surface area contributed by atoms with Gasteiger partial charge in [-0.25, -0.2) is 9.09 Å². The maximum Gasteiger partial charge on any atom is 0.472 e. The average molecular weight is 478 g/mol. The molecule has 31 heavy (non-hydrogen) atoms. The number of carboxylic acids is 1. The number of hydrogen-bond acceptors (Lipinski definition) is 6. The fraction of sp³-hybridized carbons (Fsp3) is 0.600. The molecule has 1 unspecified atom stereocenters. The second kappa shape index (κ2) is 11.9. The summed E-state index contributed by atoms with van der Waals surface area (Å²) in [5, 5.41) is 11.8. The molecule has 0 aromatic heterocycles. The van der Waals surface area contributed by atoms with Crippen molar-refractivity contribution in [2.45, 2.75) is 58.1 Å². The zero-order valence-corrected chi connectivity index (χ0v) is 20.0. The SMILES string of the molecule is CC(C[C@@H](C)Cc1ccc(OCOP(=O)(O)O)c(NC(=O)CCC(C)(C)S)c1)C(=O)O. The van der Waals surface area contributed by atoms with Crippen molar-refractivity contribution in [2.24, 2.45) is 11.8 Å². The van der Waals surface area contributed by atoms with E-state index < -0.39 is 26.5 Å². The minimum absolute atomic E-state index is 0.0874. The maximum atomic E-state index is 12.4. The van der Waals surface area contributed by atoms with E-state index in [1.807, 2.05) is 20.8 Å². The van der Waals surface area contributed by atoms with Crippen LogP contribution in [0.3, 0.4) is 0 Å². The van der Waals surface area contributed by atoms with Crippen LogP contribution in [0.15, 0.2) is 18.2 Å². The lowest BCUT2D eigenvalue weighted by Gasteiger charge is -2.19. The van der Waals surface area contributed by atoms with E-state index in [9.17, 15) is 14.2 Å². The minimum atomic E-state index is -4.69. The zero-order chi connectivity index (χ0) is 23.8. The van der Waals surface area contributed by atoms with Gasteiger partial charge in [0, 0.05) is 11.2 Å². The molecule has 0 spiro atoms. The Kier molecular flexibility index (Phi) is 10.5. The second-order valence-electron chi connectivity index (χ2n) is 8.36. The molecule has 0 aliphatic heterocycles. The lowest BCUT2D eigenvalue weighted by atomic mass is 9.91. The number of thiol groups is 1. The van der Waals surface area contributed by atoms with Crippen LogP contribution in [0, 0.1) is 11.8 Å². The lowest BCUT2D eigenvalue weighted by molar-refractivity contribution is -0.141. The minimum Gasteiger partial charge on any atom is -0.481 e. The van der Waals surface area contributed by atoms with Gasteiger partial charge in [-0.1, -0.05) is 33.8 Å². The third kappa shape index (κ3) is 12.1. The van der Waals surface area contributed by atoms with Crippen molar-refractivity contribution in [1.29, 1.82) is 0 Å². The van der Waals surface area contributed by atoms with Crippen molar-refractivity contribution in [2.75, 3.05) is 12.1 Å². The van der Waals surface area contributed by atoms with Crippen LogP contribution in [0.5, 0.6) is 5.75 Å². The largest absolute Gasteiger partial charge is 0.481 e. The van der Waals surface area contributed by atoms with Crippen molar-refractivity contribution in [3.63, 3.8) is 0 Å². The summed E-state index contributed by atoms with van der Waals surface area (Å²) in [5.74, 6) is -1.29. The van der Waals surface area contributed by atoms with Crippen molar-refractivity contribution < 1.29 is 38.3 Å². The van der Waals surface area contributed by atoms with Gasteiger partial charge >= 0.3 is 13.8 Å². The molecule has 1 aromatic rings. The predicted molar refractivity (Wildman–Crippen MR) is 120 cm³/mol. The van der Waals surface area contributed by atoms with Gasteiger partial charge in [0.2, 0.25) is 5.91 Å². The van der Waals surface area contributed by atoms with E-state index in [2.05, 4.69) is 22.5 Å². The molecule has 1 amide bonds. The third-order valence-corrected chi connectivity index (χ3v) is 5.14. The quantitative estimate of drug-likeness (QED) is 0.164. The summed E-state index contributed by atoms with van der Waals surface area (Å²) in [7, 11) is -4.69. The number of benzene rings is 1. The van der Waals surface area contributed by atoms with Crippen LogP contribution in [0.4, 0.5) is 5.69 Å². The number of carbonyl (C=O) groups excluding carboxylic acids is 1. The highest BCUT2D eigenvalue weighted by molar-refractivity contribution is 7.81. The summed E-state index contributed by atoms with van der Waals surface area (Å²) in [6, 6.07) is 5.03.